The number of nitrogens with zero attached hydrogens (tertiary/aromatic N) is 2. The van der Waals surface area contributed by atoms with E-state index < -0.39 is 0 Å². The molecule has 0 spiro atoms. The first-order valence-corrected chi connectivity index (χ1v) is 7.15. The van der Waals surface area contributed by atoms with Crippen LogP contribution in [0.4, 0.5) is 0 Å². The van der Waals surface area contributed by atoms with Crippen LogP contribution in [0.25, 0.3) is 0 Å². The van der Waals surface area contributed by atoms with Gasteiger partial charge in [-0.05, 0) is 38.5 Å². The molecule has 1 aromatic carbocycles. The third-order valence-corrected chi connectivity index (χ3v) is 3.90. The van der Waals surface area contributed by atoms with Crippen molar-refractivity contribution in [2.24, 2.45) is 0 Å². The Bertz CT molecular complexity index is 603. The van der Waals surface area contributed by atoms with Crippen LogP contribution in [0.1, 0.15) is 25.0 Å². The van der Waals surface area contributed by atoms with Gasteiger partial charge in [0.2, 0.25) is 0 Å². The van der Waals surface area contributed by atoms with Crippen molar-refractivity contribution in [1.82, 2.24) is 4.90 Å². The fourth-order valence-corrected chi connectivity index (χ4v) is 2.14. The SMILES string of the molecule is Cc1ccc(C/C(C#N)=C\C=C2\OCC(C)(C)N2C)cc1. The molecular formula is C18H22N2O. The second-order valence-corrected chi connectivity index (χ2v) is 6.13. The van der Waals surface area contributed by atoms with Crippen molar-refractivity contribution in [1.29, 1.82) is 5.26 Å². The van der Waals surface area contributed by atoms with Gasteiger partial charge in [0.25, 0.3) is 0 Å². The number of hydrogen-bond donors (Lipinski definition) is 0. The zero-order chi connectivity index (χ0) is 15.5. The number of likely N-dealkylation sites (N-methyl/N-ethyl adjacent to an activating group) is 1. The molecule has 1 aliphatic rings. The lowest BCUT2D eigenvalue weighted by atomic mass is 10.0. The van der Waals surface area contributed by atoms with E-state index in [2.05, 4.69) is 56.0 Å². The van der Waals surface area contributed by atoms with Gasteiger partial charge < -0.3 is 9.64 Å². The molecule has 21 heavy (non-hydrogen) atoms. The predicted molar refractivity (Wildman–Crippen MR) is 84.5 cm³/mol. The maximum Gasteiger partial charge on any atom is 0.189 e. The molecule has 110 valence electrons. The van der Waals surface area contributed by atoms with E-state index in [1.165, 1.54) is 5.56 Å². The van der Waals surface area contributed by atoms with E-state index in [0.29, 0.717) is 13.0 Å². The van der Waals surface area contributed by atoms with Crippen molar-refractivity contribution < 1.29 is 4.74 Å². The van der Waals surface area contributed by atoms with Crippen LogP contribution in [-0.4, -0.2) is 24.1 Å². The molecule has 3 nitrogen and oxygen atoms in total. The molecule has 0 N–H and O–H groups in total. The van der Waals surface area contributed by atoms with Crippen LogP contribution in [0.2, 0.25) is 0 Å². The number of hydrogen-bond acceptors (Lipinski definition) is 3. The van der Waals surface area contributed by atoms with Crippen molar-refractivity contribution in [2.75, 3.05) is 13.7 Å². The minimum absolute atomic E-state index is 0.00341. The highest BCUT2D eigenvalue weighted by Crippen LogP contribution is 2.27. The number of nitriles is 1. The highest BCUT2D eigenvalue weighted by atomic mass is 16.5. The van der Waals surface area contributed by atoms with Crippen molar-refractivity contribution in [3.63, 3.8) is 0 Å². The number of allylic oxidation sites excluding steroid dienone is 3. The Kier molecular flexibility index (Phi) is 4.37. The number of ether oxygens (including phenoxy) is 1. The summed E-state index contributed by atoms with van der Waals surface area (Å²) < 4.78 is 5.67. The average Bonchev–Trinajstić information content (AvgIpc) is 2.72. The molecule has 2 rings (SSSR count). The monoisotopic (exact) mass is 282 g/mol. The minimum Gasteiger partial charge on any atom is -0.477 e. The first-order valence-electron chi connectivity index (χ1n) is 7.15. The molecule has 0 bridgehead atoms. The summed E-state index contributed by atoms with van der Waals surface area (Å²) in [5.74, 6) is 0.816. The molecule has 0 atom stereocenters. The lowest BCUT2D eigenvalue weighted by Crippen LogP contribution is -2.36. The zero-order valence-corrected chi connectivity index (χ0v) is 13.2. The normalized spacial score (nSPS) is 19.5. The molecule has 3 heteroatoms. The summed E-state index contributed by atoms with van der Waals surface area (Å²) in [6.07, 6.45) is 4.39. The van der Waals surface area contributed by atoms with Gasteiger partial charge in [0.05, 0.1) is 11.6 Å². The fraction of sp³-hybridized carbons (Fsp3) is 0.389. The molecule has 1 saturated heterocycles. The molecule has 0 aliphatic carbocycles. The Hall–Kier alpha value is -2.21. The Balaban J connectivity index is 2.11. The van der Waals surface area contributed by atoms with Gasteiger partial charge in [0.15, 0.2) is 5.88 Å². The molecule has 0 unspecified atom stereocenters. The lowest BCUT2D eigenvalue weighted by Gasteiger charge is -2.25. The average molecular weight is 282 g/mol. The minimum atomic E-state index is 0.00341. The summed E-state index contributed by atoms with van der Waals surface area (Å²) >= 11 is 0. The van der Waals surface area contributed by atoms with Crippen LogP contribution in [0, 0.1) is 18.3 Å². The summed E-state index contributed by atoms with van der Waals surface area (Å²) in [6.45, 7) is 7.00. The molecule has 0 aromatic heterocycles. The Morgan fingerprint density at radius 3 is 2.57 bits per heavy atom. The van der Waals surface area contributed by atoms with Crippen molar-refractivity contribution in [2.45, 2.75) is 32.7 Å². The van der Waals surface area contributed by atoms with Crippen LogP contribution in [0.5, 0.6) is 0 Å². The van der Waals surface area contributed by atoms with E-state index in [0.717, 1.165) is 17.0 Å². The fourth-order valence-electron chi connectivity index (χ4n) is 2.14. The summed E-state index contributed by atoms with van der Waals surface area (Å²) in [6, 6.07) is 10.5. The smallest absolute Gasteiger partial charge is 0.189 e. The van der Waals surface area contributed by atoms with Gasteiger partial charge in [-0.15, -0.1) is 0 Å². The zero-order valence-electron chi connectivity index (χ0n) is 13.2. The molecule has 1 heterocycles. The Morgan fingerprint density at radius 2 is 2.05 bits per heavy atom. The van der Waals surface area contributed by atoms with Gasteiger partial charge in [0.1, 0.15) is 6.61 Å². The summed E-state index contributed by atoms with van der Waals surface area (Å²) in [5, 5.41) is 9.28. The molecule has 0 radical (unpaired) electrons. The number of benzene rings is 1. The number of rotatable bonds is 3. The summed E-state index contributed by atoms with van der Waals surface area (Å²) in [5.41, 5.74) is 3.11. The molecule has 0 amide bonds. The van der Waals surface area contributed by atoms with E-state index in [4.69, 9.17) is 4.74 Å². The summed E-state index contributed by atoms with van der Waals surface area (Å²) in [4.78, 5) is 2.10. The van der Waals surface area contributed by atoms with E-state index in [9.17, 15) is 5.26 Å². The maximum absolute atomic E-state index is 9.28. The third-order valence-electron chi connectivity index (χ3n) is 3.90. The standard InChI is InChI=1S/C18H22N2O/c1-14-5-7-15(8-6-14)11-16(12-19)9-10-17-20(4)18(2,3)13-21-17/h5-10H,11,13H2,1-4H3/b16-9+,17-10+. The largest absolute Gasteiger partial charge is 0.477 e. The second kappa shape index (κ2) is 6.05. The van der Waals surface area contributed by atoms with Crippen LogP contribution in [0.3, 0.4) is 0 Å². The van der Waals surface area contributed by atoms with E-state index in [-0.39, 0.29) is 5.54 Å². The molecular weight excluding hydrogens is 260 g/mol. The van der Waals surface area contributed by atoms with Gasteiger partial charge in [0, 0.05) is 19.0 Å². The Labute approximate surface area is 127 Å². The number of aryl methyl sites for hydroxylation is 1. The van der Waals surface area contributed by atoms with Gasteiger partial charge in [-0.3, -0.25) is 0 Å². The van der Waals surface area contributed by atoms with E-state index in [1.807, 2.05) is 19.2 Å². The topological polar surface area (TPSA) is 36.3 Å². The van der Waals surface area contributed by atoms with Gasteiger partial charge in [-0.2, -0.15) is 5.26 Å². The lowest BCUT2D eigenvalue weighted by molar-refractivity contribution is 0.236. The van der Waals surface area contributed by atoms with Gasteiger partial charge in [-0.25, -0.2) is 0 Å². The molecule has 1 aromatic rings. The molecule has 1 fully saturated rings. The predicted octanol–water partition coefficient (Wildman–Crippen LogP) is 3.57. The molecule has 0 saturated carbocycles. The van der Waals surface area contributed by atoms with Crippen molar-refractivity contribution in [3.05, 3.63) is 59.0 Å². The summed E-state index contributed by atoms with van der Waals surface area (Å²) in [7, 11) is 2.01. The van der Waals surface area contributed by atoms with Gasteiger partial charge in [-0.1, -0.05) is 29.8 Å². The van der Waals surface area contributed by atoms with Crippen LogP contribution < -0.4 is 0 Å². The highest BCUT2D eigenvalue weighted by Gasteiger charge is 2.33. The second-order valence-electron chi connectivity index (χ2n) is 6.13. The quantitative estimate of drug-likeness (QED) is 0.795. The van der Waals surface area contributed by atoms with Crippen LogP contribution in [-0.2, 0) is 11.2 Å². The maximum atomic E-state index is 9.28. The van der Waals surface area contributed by atoms with Crippen molar-refractivity contribution >= 4 is 0 Å². The van der Waals surface area contributed by atoms with Gasteiger partial charge >= 0.3 is 0 Å². The first-order chi connectivity index (χ1) is 9.92. The molecule has 1 aliphatic heterocycles. The van der Waals surface area contributed by atoms with E-state index >= 15 is 0 Å². The third kappa shape index (κ3) is 3.66. The van der Waals surface area contributed by atoms with E-state index in [1.54, 1.807) is 0 Å². The van der Waals surface area contributed by atoms with Crippen LogP contribution in [0.15, 0.2) is 47.9 Å². The highest BCUT2D eigenvalue weighted by molar-refractivity contribution is 5.34. The van der Waals surface area contributed by atoms with Crippen molar-refractivity contribution in [3.8, 4) is 6.07 Å². The first kappa shape index (κ1) is 15.2. The van der Waals surface area contributed by atoms with Crippen LogP contribution >= 0.6 is 0 Å². The Morgan fingerprint density at radius 1 is 1.38 bits per heavy atom.